The maximum absolute atomic E-state index is 13.1. The summed E-state index contributed by atoms with van der Waals surface area (Å²) in [4.78, 5) is 23.6. The largest absolute Gasteiger partial charge is 0.342 e. The van der Waals surface area contributed by atoms with Crippen LogP contribution in [-0.2, 0) is 0 Å². The molecule has 7 rings (SSSR count). The van der Waals surface area contributed by atoms with Crippen LogP contribution in [0.15, 0.2) is 12.1 Å². The molecule has 4 aliphatic carbocycles. The van der Waals surface area contributed by atoms with Crippen LogP contribution < -0.4 is 5.32 Å². The number of imidazole rings is 1. The van der Waals surface area contributed by atoms with Gasteiger partial charge in [-0.3, -0.25) is 0 Å². The second kappa shape index (κ2) is 6.73. The lowest BCUT2D eigenvalue weighted by Gasteiger charge is -2.57. The SMILES string of the molecule is Cc1cc2nc(C3CCN(C(=O)NC45CC6CC(CC(C6)C4)C5)CC3)[nH]c2cc1C. The van der Waals surface area contributed by atoms with Crippen LogP contribution in [-0.4, -0.2) is 39.5 Å². The van der Waals surface area contributed by atoms with Crippen molar-refractivity contribution in [2.24, 2.45) is 17.8 Å². The summed E-state index contributed by atoms with van der Waals surface area (Å²) in [6, 6.07) is 4.57. The fourth-order valence-corrected chi connectivity index (χ4v) is 7.41. The molecule has 4 bridgehead atoms. The number of piperidine rings is 1. The van der Waals surface area contributed by atoms with Crippen molar-refractivity contribution in [2.45, 2.75) is 76.7 Å². The molecule has 2 N–H and O–H groups in total. The van der Waals surface area contributed by atoms with Gasteiger partial charge in [-0.1, -0.05) is 0 Å². The number of carbonyl (C=O) groups is 1. The highest BCUT2D eigenvalue weighted by Crippen LogP contribution is 2.55. The van der Waals surface area contributed by atoms with E-state index in [2.05, 4.69) is 41.2 Å². The molecule has 160 valence electrons. The summed E-state index contributed by atoms with van der Waals surface area (Å²) < 4.78 is 0. The number of urea groups is 1. The molecule has 1 saturated heterocycles. The monoisotopic (exact) mass is 406 g/mol. The van der Waals surface area contributed by atoms with Gasteiger partial charge in [-0.05, 0) is 106 Å². The Labute approximate surface area is 179 Å². The lowest BCUT2D eigenvalue weighted by molar-refractivity contribution is -0.0160. The Bertz CT molecular complexity index is 910. The number of rotatable bonds is 2. The van der Waals surface area contributed by atoms with E-state index in [4.69, 9.17) is 4.98 Å². The van der Waals surface area contributed by atoms with Crippen LogP contribution >= 0.6 is 0 Å². The predicted molar refractivity (Wildman–Crippen MR) is 119 cm³/mol. The van der Waals surface area contributed by atoms with Crippen LogP contribution in [0, 0.1) is 31.6 Å². The van der Waals surface area contributed by atoms with E-state index in [9.17, 15) is 4.79 Å². The maximum atomic E-state index is 13.1. The number of H-pyrrole nitrogens is 1. The molecule has 0 unspecified atom stereocenters. The van der Waals surface area contributed by atoms with Gasteiger partial charge in [0.15, 0.2) is 0 Å². The normalized spacial score (nSPS) is 33.4. The fraction of sp³-hybridized carbons (Fsp3) is 0.680. The number of aromatic nitrogens is 2. The molecule has 5 fully saturated rings. The number of nitrogens with one attached hydrogen (secondary N) is 2. The number of nitrogens with zero attached hydrogens (tertiary/aromatic N) is 2. The first-order valence-electron chi connectivity index (χ1n) is 12.0. The summed E-state index contributed by atoms with van der Waals surface area (Å²) in [7, 11) is 0. The van der Waals surface area contributed by atoms with Crippen LogP contribution in [0.3, 0.4) is 0 Å². The minimum absolute atomic E-state index is 0.108. The molecule has 1 aromatic carbocycles. The molecule has 1 aromatic heterocycles. The molecule has 0 radical (unpaired) electrons. The zero-order valence-corrected chi connectivity index (χ0v) is 18.3. The van der Waals surface area contributed by atoms with Crippen molar-refractivity contribution in [2.75, 3.05) is 13.1 Å². The van der Waals surface area contributed by atoms with E-state index in [0.717, 1.165) is 60.5 Å². The number of likely N-dealkylation sites (tertiary alicyclic amines) is 1. The van der Waals surface area contributed by atoms with Gasteiger partial charge < -0.3 is 15.2 Å². The minimum Gasteiger partial charge on any atom is -0.342 e. The second-order valence-electron chi connectivity index (χ2n) is 11.0. The first-order valence-corrected chi connectivity index (χ1v) is 12.0. The average Bonchev–Trinajstić information content (AvgIpc) is 3.09. The van der Waals surface area contributed by atoms with Crippen molar-refractivity contribution in [3.8, 4) is 0 Å². The van der Waals surface area contributed by atoms with E-state index in [1.54, 1.807) is 0 Å². The summed E-state index contributed by atoms with van der Waals surface area (Å²) in [5.41, 5.74) is 4.90. The van der Waals surface area contributed by atoms with E-state index in [1.165, 1.54) is 49.7 Å². The highest BCUT2D eigenvalue weighted by Gasteiger charge is 2.51. The van der Waals surface area contributed by atoms with Gasteiger partial charge in [-0.2, -0.15) is 0 Å². The van der Waals surface area contributed by atoms with Crippen LogP contribution in [0.1, 0.15) is 74.2 Å². The first kappa shape index (κ1) is 18.7. The van der Waals surface area contributed by atoms with Crippen molar-refractivity contribution in [3.05, 3.63) is 29.1 Å². The highest BCUT2D eigenvalue weighted by molar-refractivity contribution is 5.77. The lowest BCUT2D eigenvalue weighted by atomic mass is 9.53. The van der Waals surface area contributed by atoms with Gasteiger partial charge in [-0.25, -0.2) is 9.78 Å². The quantitative estimate of drug-likeness (QED) is 0.734. The molecule has 2 heterocycles. The zero-order valence-electron chi connectivity index (χ0n) is 18.3. The predicted octanol–water partition coefficient (Wildman–Crippen LogP) is 5.04. The van der Waals surface area contributed by atoms with E-state index < -0.39 is 0 Å². The zero-order chi connectivity index (χ0) is 20.5. The summed E-state index contributed by atoms with van der Waals surface area (Å²) >= 11 is 0. The Morgan fingerprint density at radius 2 is 1.63 bits per heavy atom. The molecule has 5 heteroatoms. The van der Waals surface area contributed by atoms with E-state index in [-0.39, 0.29) is 11.6 Å². The van der Waals surface area contributed by atoms with E-state index in [0.29, 0.717) is 5.92 Å². The van der Waals surface area contributed by atoms with Crippen LogP contribution in [0.25, 0.3) is 11.0 Å². The number of hydrogen-bond donors (Lipinski definition) is 2. The Morgan fingerprint density at radius 1 is 1.03 bits per heavy atom. The minimum atomic E-state index is 0.108. The Kier molecular flexibility index (Phi) is 4.20. The number of aromatic amines is 1. The van der Waals surface area contributed by atoms with Crippen molar-refractivity contribution in [3.63, 3.8) is 0 Å². The number of benzene rings is 1. The third-order valence-corrected chi connectivity index (χ3v) is 8.69. The highest BCUT2D eigenvalue weighted by atomic mass is 16.2. The van der Waals surface area contributed by atoms with E-state index >= 15 is 0 Å². The average molecular weight is 407 g/mol. The van der Waals surface area contributed by atoms with Gasteiger partial charge in [0.2, 0.25) is 0 Å². The van der Waals surface area contributed by atoms with Gasteiger partial charge in [0, 0.05) is 24.5 Å². The standard InChI is InChI=1S/C25H34N4O/c1-15-7-21-22(8-16(15)2)27-23(26-21)20-3-5-29(6-4-20)24(30)28-25-12-17-9-18(13-25)11-19(10-17)14-25/h7-8,17-20H,3-6,9-14H2,1-2H3,(H,26,27)(H,28,30). The molecule has 5 aliphatic rings. The lowest BCUT2D eigenvalue weighted by Crippen LogP contribution is -2.62. The molecule has 1 aliphatic heterocycles. The Balaban J connectivity index is 1.10. The maximum Gasteiger partial charge on any atom is 0.317 e. The number of aryl methyl sites for hydroxylation is 2. The third kappa shape index (κ3) is 3.12. The Morgan fingerprint density at radius 3 is 2.27 bits per heavy atom. The molecule has 0 atom stereocenters. The molecule has 0 spiro atoms. The first-order chi connectivity index (χ1) is 14.5. The summed E-state index contributed by atoms with van der Waals surface area (Å²) in [6.07, 6.45) is 9.89. The van der Waals surface area contributed by atoms with E-state index in [1.807, 2.05) is 0 Å². The van der Waals surface area contributed by atoms with Crippen molar-refractivity contribution in [1.29, 1.82) is 0 Å². The van der Waals surface area contributed by atoms with Gasteiger partial charge in [0.05, 0.1) is 11.0 Å². The smallest absolute Gasteiger partial charge is 0.317 e. The number of amides is 2. The molecule has 30 heavy (non-hydrogen) atoms. The van der Waals surface area contributed by atoms with Crippen LogP contribution in [0.2, 0.25) is 0 Å². The van der Waals surface area contributed by atoms with Crippen LogP contribution in [0.4, 0.5) is 4.79 Å². The van der Waals surface area contributed by atoms with Gasteiger partial charge in [0.25, 0.3) is 0 Å². The fourth-order valence-electron chi connectivity index (χ4n) is 7.41. The van der Waals surface area contributed by atoms with Crippen LogP contribution in [0.5, 0.6) is 0 Å². The summed E-state index contributed by atoms with van der Waals surface area (Å²) in [5.74, 6) is 4.10. The molecule has 2 aromatic rings. The Hall–Kier alpha value is -2.04. The molecular weight excluding hydrogens is 372 g/mol. The van der Waals surface area contributed by atoms with Crippen molar-refractivity contribution < 1.29 is 4.79 Å². The van der Waals surface area contributed by atoms with Crippen molar-refractivity contribution in [1.82, 2.24) is 20.2 Å². The molecule has 5 nitrogen and oxygen atoms in total. The summed E-state index contributed by atoms with van der Waals surface area (Å²) in [5, 5.41) is 3.55. The third-order valence-electron chi connectivity index (χ3n) is 8.69. The number of fused-ring (bicyclic) bond motifs is 1. The van der Waals surface area contributed by atoms with Gasteiger partial charge in [-0.15, -0.1) is 0 Å². The van der Waals surface area contributed by atoms with Gasteiger partial charge in [0.1, 0.15) is 5.82 Å². The van der Waals surface area contributed by atoms with Gasteiger partial charge >= 0.3 is 6.03 Å². The topological polar surface area (TPSA) is 61.0 Å². The molecular formula is C25H34N4O. The number of carbonyl (C=O) groups excluding carboxylic acids is 1. The molecule has 2 amide bonds. The van der Waals surface area contributed by atoms with Crippen molar-refractivity contribution >= 4 is 17.1 Å². The second-order valence-corrected chi connectivity index (χ2v) is 11.0. The number of hydrogen-bond acceptors (Lipinski definition) is 2. The summed E-state index contributed by atoms with van der Waals surface area (Å²) in [6.45, 7) is 5.95. The molecule has 4 saturated carbocycles.